The van der Waals surface area contributed by atoms with E-state index in [1.165, 1.54) is 11.1 Å². The average molecular weight is 289 g/mol. The van der Waals surface area contributed by atoms with Gasteiger partial charge >= 0.3 is 0 Å². The molecule has 5 heteroatoms. The van der Waals surface area contributed by atoms with Crippen LogP contribution in [0.2, 0.25) is 0 Å². The molecule has 1 aliphatic heterocycles. The van der Waals surface area contributed by atoms with E-state index in [1.54, 1.807) is 11.9 Å². The van der Waals surface area contributed by atoms with Crippen molar-refractivity contribution in [2.45, 2.75) is 25.8 Å². The maximum absolute atomic E-state index is 12.4. The van der Waals surface area contributed by atoms with Crippen LogP contribution in [0, 0.1) is 6.92 Å². The zero-order valence-electron chi connectivity index (χ0n) is 12.7. The van der Waals surface area contributed by atoms with Gasteiger partial charge in [0.1, 0.15) is 6.04 Å². The highest BCUT2D eigenvalue weighted by Gasteiger charge is 2.30. The summed E-state index contributed by atoms with van der Waals surface area (Å²) in [6.45, 7) is 3.90. The van der Waals surface area contributed by atoms with E-state index < -0.39 is 6.04 Å². The van der Waals surface area contributed by atoms with Crippen molar-refractivity contribution < 1.29 is 9.59 Å². The molecule has 1 atom stereocenters. The van der Waals surface area contributed by atoms with Crippen LogP contribution in [0.15, 0.2) is 24.3 Å². The molecule has 0 saturated carbocycles. The fourth-order valence-corrected chi connectivity index (χ4v) is 2.68. The molecule has 5 nitrogen and oxygen atoms in total. The van der Waals surface area contributed by atoms with Crippen molar-refractivity contribution >= 4 is 11.8 Å². The second-order valence-corrected chi connectivity index (χ2v) is 5.35. The Morgan fingerprint density at radius 3 is 2.86 bits per heavy atom. The van der Waals surface area contributed by atoms with Crippen molar-refractivity contribution in [2.75, 3.05) is 26.7 Å². The number of nitrogens with zero attached hydrogens (tertiary/aromatic N) is 1. The maximum Gasteiger partial charge on any atom is 0.243 e. The number of carbonyl (C=O) groups excluding carboxylic acids is 2. The van der Waals surface area contributed by atoms with Crippen LogP contribution in [0.5, 0.6) is 0 Å². The fraction of sp³-hybridized carbons (Fsp3) is 0.500. The zero-order valence-corrected chi connectivity index (χ0v) is 12.7. The van der Waals surface area contributed by atoms with Gasteiger partial charge in [0.15, 0.2) is 0 Å². The lowest BCUT2D eigenvalue weighted by Gasteiger charge is -2.35. The van der Waals surface area contributed by atoms with E-state index in [-0.39, 0.29) is 11.8 Å². The van der Waals surface area contributed by atoms with Crippen molar-refractivity contribution in [3.05, 3.63) is 35.4 Å². The molecule has 1 unspecified atom stereocenters. The van der Waals surface area contributed by atoms with Gasteiger partial charge in [-0.25, -0.2) is 0 Å². The number of hydrogen-bond donors (Lipinski definition) is 2. The van der Waals surface area contributed by atoms with E-state index >= 15 is 0 Å². The highest BCUT2D eigenvalue weighted by Crippen LogP contribution is 2.12. The van der Waals surface area contributed by atoms with E-state index in [0.717, 1.165) is 13.0 Å². The van der Waals surface area contributed by atoms with Crippen molar-refractivity contribution in [2.24, 2.45) is 0 Å². The van der Waals surface area contributed by atoms with Crippen molar-refractivity contribution in [3.8, 4) is 0 Å². The van der Waals surface area contributed by atoms with Gasteiger partial charge in [0.2, 0.25) is 11.8 Å². The third kappa shape index (κ3) is 3.82. The first-order chi connectivity index (χ1) is 10.1. The van der Waals surface area contributed by atoms with Crippen molar-refractivity contribution in [3.63, 3.8) is 0 Å². The van der Waals surface area contributed by atoms with Gasteiger partial charge < -0.3 is 15.5 Å². The summed E-state index contributed by atoms with van der Waals surface area (Å²) < 4.78 is 0. The molecule has 2 amide bonds. The van der Waals surface area contributed by atoms with Crippen LogP contribution in [-0.4, -0.2) is 49.4 Å². The molecule has 114 valence electrons. The summed E-state index contributed by atoms with van der Waals surface area (Å²) in [5.74, 6) is -0.0557. The molecule has 1 heterocycles. The Kier molecular flexibility index (Phi) is 5.33. The van der Waals surface area contributed by atoms with Crippen LogP contribution in [0.25, 0.3) is 0 Å². The zero-order chi connectivity index (χ0) is 15.2. The summed E-state index contributed by atoms with van der Waals surface area (Å²) >= 11 is 0. The van der Waals surface area contributed by atoms with Crippen molar-refractivity contribution in [1.82, 2.24) is 15.5 Å². The number of carbonyl (C=O) groups is 2. The molecule has 1 fully saturated rings. The predicted molar refractivity (Wildman–Crippen MR) is 81.9 cm³/mol. The first-order valence-corrected chi connectivity index (χ1v) is 7.39. The lowest BCUT2D eigenvalue weighted by Crippen LogP contribution is -2.59. The minimum atomic E-state index is -0.395. The average Bonchev–Trinajstić information content (AvgIpc) is 2.53. The van der Waals surface area contributed by atoms with E-state index in [9.17, 15) is 9.59 Å². The number of rotatable bonds is 4. The van der Waals surface area contributed by atoms with Gasteiger partial charge in [0.25, 0.3) is 0 Å². The minimum absolute atomic E-state index is 0.0494. The molecule has 2 rings (SSSR count). The molecule has 1 aliphatic rings. The van der Waals surface area contributed by atoms with Gasteiger partial charge in [-0.3, -0.25) is 9.59 Å². The van der Waals surface area contributed by atoms with Gasteiger partial charge in [-0.2, -0.15) is 0 Å². The van der Waals surface area contributed by atoms with E-state index in [1.807, 2.05) is 12.1 Å². The summed E-state index contributed by atoms with van der Waals surface area (Å²) in [5, 5.41) is 5.79. The smallest absolute Gasteiger partial charge is 0.243 e. The Bertz CT molecular complexity index is 516. The minimum Gasteiger partial charge on any atom is -0.357 e. The normalized spacial score (nSPS) is 18.4. The first kappa shape index (κ1) is 15.5. The molecule has 1 saturated heterocycles. The standard InChI is InChI=1S/C16H23N3O2/c1-12-5-3-4-6-13(12)7-8-15(20)19-10-9-18-11-14(19)16(21)17-2/h3-6,14,18H,7-11H2,1-2H3,(H,17,21). The van der Waals surface area contributed by atoms with Gasteiger partial charge in [-0.1, -0.05) is 24.3 Å². The Morgan fingerprint density at radius 2 is 2.14 bits per heavy atom. The quantitative estimate of drug-likeness (QED) is 0.847. The largest absolute Gasteiger partial charge is 0.357 e. The molecular formula is C16H23N3O2. The van der Waals surface area contributed by atoms with E-state index in [0.29, 0.717) is 19.5 Å². The molecule has 1 aromatic rings. The van der Waals surface area contributed by atoms with Gasteiger partial charge in [-0.05, 0) is 24.5 Å². The number of hydrogen-bond acceptors (Lipinski definition) is 3. The Labute approximate surface area is 125 Å². The van der Waals surface area contributed by atoms with Crippen LogP contribution >= 0.6 is 0 Å². The lowest BCUT2D eigenvalue weighted by molar-refractivity contribution is -0.141. The van der Waals surface area contributed by atoms with Crippen LogP contribution in [0.3, 0.4) is 0 Å². The Hall–Kier alpha value is -1.88. The molecule has 0 spiro atoms. The number of likely N-dealkylation sites (N-methyl/N-ethyl adjacent to an activating group) is 1. The fourth-order valence-electron chi connectivity index (χ4n) is 2.68. The first-order valence-electron chi connectivity index (χ1n) is 7.39. The molecule has 2 N–H and O–H groups in total. The maximum atomic E-state index is 12.4. The third-order valence-electron chi connectivity index (χ3n) is 3.98. The number of piperazine rings is 1. The van der Waals surface area contributed by atoms with E-state index in [4.69, 9.17) is 0 Å². The Morgan fingerprint density at radius 1 is 1.38 bits per heavy atom. The molecule has 0 aliphatic carbocycles. The van der Waals surface area contributed by atoms with Gasteiger partial charge in [-0.15, -0.1) is 0 Å². The van der Waals surface area contributed by atoms with Crippen LogP contribution in [0.4, 0.5) is 0 Å². The number of nitrogens with one attached hydrogen (secondary N) is 2. The van der Waals surface area contributed by atoms with Crippen LogP contribution < -0.4 is 10.6 Å². The molecule has 21 heavy (non-hydrogen) atoms. The summed E-state index contributed by atoms with van der Waals surface area (Å²) in [7, 11) is 1.60. The third-order valence-corrected chi connectivity index (χ3v) is 3.98. The van der Waals surface area contributed by atoms with Crippen LogP contribution in [0.1, 0.15) is 17.5 Å². The topological polar surface area (TPSA) is 61.4 Å². The van der Waals surface area contributed by atoms with Crippen molar-refractivity contribution in [1.29, 1.82) is 0 Å². The number of amides is 2. The molecule has 0 radical (unpaired) electrons. The SMILES string of the molecule is CNC(=O)C1CNCCN1C(=O)CCc1ccccc1C. The monoisotopic (exact) mass is 289 g/mol. The molecule has 1 aromatic carbocycles. The van der Waals surface area contributed by atoms with E-state index in [2.05, 4.69) is 29.7 Å². The second kappa shape index (κ2) is 7.22. The highest BCUT2D eigenvalue weighted by molar-refractivity contribution is 5.88. The van der Waals surface area contributed by atoms with Gasteiger partial charge in [0.05, 0.1) is 0 Å². The Balaban J connectivity index is 1.98. The summed E-state index contributed by atoms with van der Waals surface area (Å²) in [6, 6.07) is 7.70. The van der Waals surface area contributed by atoms with Crippen LogP contribution in [-0.2, 0) is 16.0 Å². The lowest BCUT2D eigenvalue weighted by atomic mass is 10.0. The number of benzene rings is 1. The molecular weight excluding hydrogens is 266 g/mol. The summed E-state index contributed by atoms with van der Waals surface area (Å²) in [5.41, 5.74) is 2.39. The highest BCUT2D eigenvalue weighted by atomic mass is 16.2. The second-order valence-electron chi connectivity index (χ2n) is 5.35. The molecule has 0 aromatic heterocycles. The summed E-state index contributed by atoms with van der Waals surface area (Å²) in [4.78, 5) is 26.0. The number of aryl methyl sites for hydroxylation is 2. The predicted octanol–water partition coefficient (Wildman–Crippen LogP) is 0.474. The molecule has 0 bridgehead atoms. The van der Waals surface area contributed by atoms with Gasteiger partial charge in [0, 0.05) is 33.1 Å². The summed E-state index contributed by atoms with van der Waals surface area (Å²) in [6.07, 6.45) is 1.16.